The van der Waals surface area contributed by atoms with Crippen LogP contribution >= 0.6 is 0 Å². The molecule has 1 aromatic carbocycles. The van der Waals surface area contributed by atoms with E-state index in [0.29, 0.717) is 25.6 Å². The number of carbonyl (C=O) groups is 2. The zero-order valence-electron chi connectivity index (χ0n) is 15.2. The minimum atomic E-state index is -0.834. The van der Waals surface area contributed by atoms with Gasteiger partial charge in [0.15, 0.2) is 0 Å². The standard InChI is InChI=1S/C18H24N6O3/c25-17(12-13-1-2-15-16(11-13)20-21-19-15)23-5-3-14(4-6-23)22-7-9-24(10-8-22)18(26)27/h1-2,11,14H,3-10,12H2,(H,26,27)(H,19,20,21). The van der Waals surface area contributed by atoms with Gasteiger partial charge in [0.25, 0.3) is 0 Å². The Morgan fingerprint density at radius 3 is 2.41 bits per heavy atom. The van der Waals surface area contributed by atoms with E-state index < -0.39 is 6.09 Å². The van der Waals surface area contributed by atoms with E-state index in [2.05, 4.69) is 20.3 Å². The number of hydrogen-bond donors (Lipinski definition) is 2. The summed E-state index contributed by atoms with van der Waals surface area (Å²) in [5.74, 6) is 0.145. The molecular formula is C18H24N6O3. The lowest BCUT2D eigenvalue weighted by molar-refractivity contribution is -0.132. The summed E-state index contributed by atoms with van der Waals surface area (Å²) >= 11 is 0. The highest BCUT2D eigenvalue weighted by molar-refractivity contribution is 5.81. The predicted molar refractivity (Wildman–Crippen MR) is 98.4 cm³/mol. The third-order valence-electron chi connectivity index (χ3n) is 5.65. The van der Waals surface area contributed by atoms with Gasteiger partial charge in [0.2, 0.25) is 5.91 Å². The van der Waals surface area contributed by atoms with Crippen LogP contribution in [-0.4, -0.2) is 92.5 Å². The lowest BCUT2D eigenvalue weighted by Gasteiger charge is -2.42. The SMILES string of the molecule is O=C(O)N1CCN(C2CCN(C(=O)Cc3ccc4n[nH]nc4c3)CC2)CC1. The van der Waals surface area contributed by atoms with Crippen molar-refractivity contribution in [3.05, 3.63) is 23.8 Å². The van der Waals surface area contributed by atoms with Crippen LogP contribution in [0.15, 0.2) is 18.2 Å². The molecular weight excluding hydrogens is 348 g/mol. The van der Waals surface area contributed by atoms with Crippen LogP contribution in [0.3, 0.4) is 0 Å². The van der Waals surface area contributed by atoms with Crippen molar-refractivity contribution >= 4 is 23.0 Å². The van der Waals surface area contributed by atoms with Crippen LogP contribution < -0.4 is 0 Å². The maximum absolute atomic E-state index is 12.6. The minimum absolute atomic E-state index is 0.145. The van der Waals surface area contributed by atoms with Crippen LogP contribution in [-0.2, 0) is 11.2 Å². The molecule has 0 bridgehead atoms. The van der Waals surface area contributed by atoms with Crippen molar-refractivity contribution < 1.29 is 14.7 Å². The van der Waals surface area contributed by atoms with E-state index in [1.807, 2.05) is 23.1 Å². The first-order valence-electron chi connectivity index (χ1n) is 9.39. The smallest absolute Gasteiger partial charge is 0.407 e. The van der Waals surface area contributed by atoms with Crippen LogP contribution in [0.2, 0.25) is 0 Å². The molecule has 1 aromatic heterocycles. The van der Waals surface area contributed by atoms with E-state index in [0.717, 1.165) is 55.6 Å². The molecule has 2 aliphatic rings. The van der Waals surface area contributed by atoms with E-state index in [1.165, 1.54) is 4.90 Å². The number of piperazine rings is 1. The fourth-order valence-electron chi connectivity index (χ4n) is 4.04. The molecule has 2 N–H and O–H groups in total. The number of nitrogens with zero attached hydrogens (tertiary/aromatic N) is 5. The summed E-state index contributed by atoms with van der Waals surface area (Å²) in [4.78, 5) is 29.4. The van der Waals surface area contributed by atoms with Gasteiger partial charge in [-0.1, -0.05) is 6.07 Å². The van der Waals surface area contributed by atoms with Crippen LogP contribution in [0.1, 0.15) is 18.4 Å². The molecule has 0 unspecified atom stereocenters. The zero-order chi connectivity index (χ0) is 18.8. The van der Waals surface area contributed by atoms with Crippen LogP contribution in [0.5, 0.6) is 0 Å². The van der Waals surface area contributed by atoms with Crippen molar-refractivity contribution in [2.45, 2.75) is 25.3 Å². The van der Waals surface area contributed by atoms with Gasteiger partial charge in [0.05, 0.1) is 6.42 Å². The van der Waals surface area contributed by atoms with Crippen molar-refractivity contribution in [2.75, 3.05) is 39.3 Å². The molecule has 2 saturated heterocycles. The van der Waals surface area contributed by atoms with Gasteiger partial charge in [-0.15, -0.1) is 0 Å². The Morgan fingerprint density at radius 1 is 1.00 bits per heavy atom. The summed E-state index contributed by atoms with van der Waals surface area (Å²) in [6, 6.07) is 6.16. The number of hydrogen-bond acceptors (Lipinski definition) is 5. The van der Waals surface area contributed by atoms with Gasteiger partial charge in [0, 0.05) is 45.3 Å². The van der Waals surface area contributed by atoms with Gasteiger partial charge in [-0.25, -0.2) is 4.79 Å². The molecule has 0 radical (unpaired) electrons. The number of nitrogens with one attached hydrogen (secondary N) is 1. The van der Waals surface area contributed by atoms with E-state index in [-0.39, 0.29) is 5.91 Å². The van der Waals surface area contributed by atoms with Gasteiger partial charge in [-0.05, 0) is 30.5 Å². The second-order valence-corrected chi connectivity index (χ2v) is 7.24. The quantitative estimate of drug-likeness (QED) is 0.825. The maximum atomic E-state index is 12.6. The lowest BCUT2D eigenvalue weighted by Crippen LogP contribution is -2.54. The Kier molecular flexibility index (Phi) is 4.93. The number of carbonyl (C=O) groups excluding carboxylic acids is 1. The monoisotopic (exact) mass is 372 g/mol. The van der Waals surface area contributed by atoms with E-state index in [4.69, 9.17) is 5.11 Å². The Morgan fingerprint density at radius 2 is 1.70 bits per heavy atom. The summed E-state index contributed by atoms with van der Waals surface area (Å²) in [5.41, 5.74) is 2.53. The first-order chi connectivity index (χ1) is 13.1. The third kappa shape index (κ3) is 3.87. The molecule has 0 saturated carbocycles. The maximum Gasteiger partial charge on any atom is 0.407 e. The van der Waals surface area contributed by atoms with Crippen molar-refractivity contribution in [1.29, 1.82) is 0 Å². The highest BCUT2D eigenvalue weighted by atomic mass is 16.4. The van der Waals surface area contributed by atoms with Crippen LogP contribution in [0.25, 0.3) is 11.0 Å². The van der Waals surface area contributed by atoms with E-state index in [1.54, 1.807) is 0 Å². The molecule has 144 valence electrons. The lowest BCUT2D eigenvalue weighted by atomic mass is 10.0. The average Bonchev–Trinajstić information content (AvgIpc) is 3.16. The second-order valence-electron chi connectivity index (χ2n) is 7.24. The molecule has 4 rings (SSSR count). The molecule has 3 heterocycles. The number of aromatic amines is 1. The number of amides is 2. The molecule has 0 aliphatic carbocycles. The molecule has 27 heavy (non-hydrogen) atoms. The number of likely N-dealkylation sites (tertiary alicyclic amines) is 1. The number of benzene rings is 1. The van der Waals surface area contributed by atoms with Crippen molar-refractivity contribution in [2.24, 2.45) is 0 Å². The van der Waals surface area contributed by atoms with Crippen LogP contribution in [0, 0.1) is 0 Å². The fraction of sp³-hybridized carbons (Fsp3) is 0.556. The fourth-order valence-corrected chi connectivity index (χ4v) is 4.04. The predicted octanol–water partition coefficient (Wildman–Crippen LogP) is 0.787. The molecule has 2 fully saturated rings. The summed E-state index contributed by atoms with van der Waals surface area (Å²) in [7, 11) is 0. The zero-order valence-corrected chi connectivity index (χ0v) is 15.2. The average molecular weight is 372 g/mol. The topological polar surface area (TPSA) is 106 Å². The number of piperidine rings is 1. The van der Waals surface area contributed by atoms with Gasteiger partial charge in [-0.2, -0.15) is 15.4 Å². The molecule has 2 aliphatic heterocycles. The highest BCUT2D eigenvalue weighted by Gasteiger charge is 2.30. The molecule has 9 nitrogen and oxygen atoms in total. The van der Waals surface area contributed by atoms with Crippen LogP contribution in [0.4, 0.5) is 4.79 Å². The van der Waals surface area contributed by atoms with Gasteiger partial charge in [-0.3, -0.25) is 9.69 Å². The highest BCUT2D eigenvalue weighted by Crippen LogP contribution is 2.20. The molecule has 9 heteroatoms. The Labute approximate surface area is 156 Å². The van der Waals surface area contributed by atoms with Gasteiger partial charge in [0.1, 0.15) is 11.0 Å². The normalized spacial score (nSPS) is 19.6. The number of carboxylic acid groups (broad SMARTS) is 1. The number of aromatic nitrogens is 3. The van der Waals surface area contributed by atoms with Crippen molar-refractivity contribution in [1.82, 2.24) is 30.1 Å². The molecule has 0 atom stereocenters. The Balaban J connectivity index is 1.27. The Bertz CT molecular complexity index is 821. The van der Waals surface area contributed by atoms with Crippen molar-refractivity contribution in [3.63, 3.8) is 0 Å². The largest absolute Gasteiger partial charge is 0.465 e. The van der Waals surface area contributed by atoms with E-state index in [9.17, 15) is 9.59 Å². The minimum Gasteiger partial charge on any atom is -0.465 e. The summed E-state index contributed by atoms with van der Waals surface area (Å²) < 4.78 is 0. The third-order valence-corrected chi connectivity index (χ3v) is 5.65. The van der Waals surface area contributed by atoms with Gasteiger partial charge < -0.3 is 14.9 Å². The summed E-state index contributed by atoms with van der Waals surface area (Å²) in [6.07, 6.45) is 1.44. The number of rotatable bonds is 3. The molecule has 2 amide bonds. The molecule has 2 aromatic rings. The summed E-state index contributed by atoms with van der Waals surface area (Å²) in [6.45, 7) is 4.22. The molecule has 0 spiro atoms. The summed E-state index contributed by atoms with van der Waals surface area (Å²) in [5, 5.41) is 19.7. The second kappa shape index (κ2) is 7.51. The number of H-pyrrole nitrogens is 1. The first kappa shape index (κ1) is 17.7. The van der Waals surface area contributed by atoms with Crippen molar-refractivity contribution in [3.8, 4) is 0 Å². The van der Waals surface area contributed by atoms with E-state index >= 15 is 0 Å². The first-order valence-corrected chi connectivity index (χ1v) is 9.39. The van der Waals surface area contributed by atoms with Gasteiger partial charge >= 0.3 is 6.09 Å². The number of fused-ring (bicyclic) bond motifs is 1. The Hall–Kier alpha value is -2.68.